The monoisotopic (exact) mass is 291 g/mol. The molecule has 88 valence electrons. The lowest BCUT2D eigenvalue weighted by Gasteiger charge is -2.09. The van der Waals surface area contributed by atoms with Crippen molar-refractivity contribution in [2.75, 3.05) is 0 Å². The van der Waals surface area contributed by atoms with Gasteiger partial charge in [0.15, 0.2) is 0 Å². The minimum atomic E-state index is 0.540. The lowest BCUT2D eigenvalue weighted by Crippen LogP contribution is -2.04. The van der Waals surface area contributed by atoms with Crippen molar-refractivity contribution in [3.63, 3.8) is 0 Å². The van der Waals surface area contributed by atoms with Gasteiger partial charge in [0.1, 0.15) is 12.4 Å². The Morgan fingerprint density at radius 3 is 2.47 bits per heavy atom. The predicted octanol–water partition coefficient (Wildman–Crippen LogP) is 3.49. The Kier molecular flexibility index (Phi) is 4.18. The number of hydrogen-bond donors (Lipinski definition) is 1. The molecular weight excluding hydrogens is 278 g/mol. The molecule has 0 unspecified atom stereocenters. The van der Waals surface area contributed by atoms with Gasteiger partial charge in [0.05, 0.1) is 0 Å². The molecule has 0 atom stereocenters. The highest BCUT2D eigenvalue weighted by molar-refractivity contribution is 9.10. The van der Waals surface area contributed by atoms with Gasteiger partial charge in [-0.1, -0.05) is 46.3 Å². The van der Waals surface area contributed by atoms with Gasteiger partial charge < -0.3 is 10.5 Å². The van der Waals surface area contributed by atoms with E-state index < -0.39 is 0 Å². The average molecular weight is 292 g/mol. The van der Waals surface area contributed by atoms with Crippen LogP contribution in [0.4, 0.5) is 0 Å². The van der Waals surface area contributed by atoms with Crippen LogP contribution in [0.25, 0.3) is 0 Å². The molecule has 0 fully saturated rings. The van der Waals surface area contributed by atoms with Crippen LogP contribution in [0.1, 0.15) is 11.1 Å². The Morgan fingerprint density at radius 1 is 1.00 bits per heavy atom. The predicted molar refractivity (Wildman–Crippen MR) is 72.8 cm³/mol. The fourth-order valence-corrected chi connectivity index (χ4v) is 1.99. The third-order valence-electron chi connectivity index (χ3n) is 2.53. The Hall–Kier alpha value is -1.32. The summed E-state index contributed by atoms with van der Waals surface area (Å²) in [5.41, 5.74) is 7.94. The van der Waals surface area contributed by atoms with Crippen molar-refractivity contribution in [3.05, 3.63) is 64.1 Å². The van der Waals surface area contributed by atoms with Crippen LogP contribution >= 0.6 is 15.9 Å². The first-order valence-corrected chi connectivity index (χ1v) is 6.24. The normalized spacial score (nSPS) is 10.2. The molecule has 0 aliphatic rings. The number of rotatable bonds is 4. The molecule has 2 nitrogen and oxygen atoms in total. The maximum absolute atomic E-state index is 5.73. The quantitative estimate of drug-likeness (QED) is 0.936. The van der Waals surface area contributed by atoms with Crippen molar-refractivity contribution in [2.45, 2.75) is 13.2 Å². The Bertz CT molecular complexity index is 499. The van der Waals surface area contributed by atoms with Crippen LogP contribution in [0, 0.1) is 0 Å². The van der Waals surface area contributed by atoms with E-state index in [1.54, 1.807) is 0 Å². The lowest BCUT2D eigenvalue weighted by atomic mass is 10.1. The molecule has 0 spiro atoms. The van der Waals surface area contributed by atoms with Crippen LogP contribution in [-0.2, 0) is 13.2 Å². The molecule has 2 aromatic rings. The van der Waals surface area contributed by atoms with E-state index in [0.29, 0.717) is 13.2 Å². The summed E-state index contributed by atoms with van der Waals surface area (Å²) in [6.45, 7) is 1.09. The van der Waals surface area contributed by atoms with Gasteiger partial charge in [-0.2, -0.15) is 0 Å². The van der Waals surface area contributed by atoms with Gasteiger partial charge in [-0.3, -0.25) is 0 Å². The average Bonchev–Trinajstić information content (AvgIpc) is 2.37. The topological polar surface area (TPSA) is 35.2 Å². The smallest absolute Gasteiger partial charge is 0.120 e. The molecule has 0 aromatic heterocycles. The maximum Gasteiger partial charge on any atom is 0.120 e. The van der Waals surface area contributed by atoms with Gasteiger partial charge >= 0.3 is 0 Å². The molecule has 0 heterocycles. The van der Waals surface area contributed by atoms with Gasteiger partial charge in [-0.05, 0) is 29.3 Å². The standard InChI is InChI=1S/C14H14BrNO/c15-13-6-3-7-14(8-13)17-10-12-5-2-1-4-11(12)9-16/h1-8H,9-10,16H2. The summed E-state index contributed by atoms with van der Waals surface area (Å²) in [6, 6.07) is 15.9. The zero-order valence-electron chi connectivity index (χ0n) is 9.40. The van der Waals surface area contributed by atoms with E-state index in [1.807, 2.05) is 48.5 Å². The number of halogens is 1. The molecule has 0 radical (unpaired) electrons. The molecule has 2 N–H and O–H groups in total. The van der Waals surface area contributed by atoms with Gasteiger partial charge in [-0.25, -0.2) is 0 Å². The molecule has 0 aliphatic carbocycles. The molecule has 2 rings (SSSR count). The third kappa shape index (κ3) is 3.32. The van der Waals surface area contributed by atoms with Crippen LogP contribution in [-0.4, -0.2) is 0 Å². The molecule has 0 amide bonds. The summed E-state index contributed by atoms with van der Waals surface area (Å²) in [7, 11) is 0. The highest BCUT2D eigenvalue weighted by Crippen LogP contribution is 2.19. The van der Waals surface area contributed by atoms with Crippen molar-refractivity contribution < 1.29 is 4.74 Å². The van der Waals surface area contributed by atoms with E-state index in [-0.39, 0.29) is 0 Å². The highest BCUT2D eigenvalue weighted by Gasteiger charge is 2.01. The summed E-state index contributed by atoms with van der Waals surface area (Å²) < 4.78 is 6.75. The summed E-state index contributed by atoms with van der Waals surface area (Å²) in [5.74, 6) is 0.853. The molecule has 3 heteroatoms. The van der Waals surface area contributed by atoms with E-state index in [4.69, 9.17) is 10.5 Å². The second-order valence-electron chi connectivity index (χ2n) is 3.72. The number of hydrogen-bond acceptors (Lipinski definition) is 2. The van der Waals surface area contributed by atoms with Crippen molar-refractivity contribution >= 4 is 15.9 Å². The zero-order valence-corrected chi connectivity index (χ0v) is 11.0. The van der Waals surface area contributed by atoms with E-state index >= 15 is 0 Å². The Balaban J connectivity index is 2.07. The van der Waals surface area contributed by atoms with Crippen molar-refractivity contribution in [3.8, 4) is 5.75 Å². The lowest BCUT2D eigenvalue weighted by molar-refractivity contribution is 0.305. The van der Waals surface area contributed by atoms with Crippen LogP contribution < -0.4 is 10.5 Å². The first kappa shape index (κ1) is 12.1. The van der Waals surface area contributed by atoms with Gasteiger partial charge in [0.25, 0.3) is 0 Å². The van der Waals surface area contributed by atoms with Crippen molar-refractivity contribution in [2.24, 2.45) is 5.73 Å². The molecule has 0 aliphatic heterocycles. The minimum absolute atomic E-state index is 0.540. The molecule has 0 saturated heterocycles. The fourth-order valence-electron chi connectivity index (χ4n) is 1.62. The summed E-state index contributed by atoms with van der Waals surface area (Å²) in [6.07, 6.45) is 0. The summed E-state index contributed by atoms with van der Waals surface area (Å²) in [4.78, 5) is 0. The van der Waals surface area contributed by atoms with Gasteiger partial charge in [0.2, 0.25) is 0 Å². The molecule has 2 aromatic carbocycles. The first-order valence-electron chi connectivity index (χ1n) is 5.45. The first-order chi connectivity index (χ1) is 8.29. The van der Waals surface area contributed by atoms with E-state index in [2.05, 4.69) is 15.9 Å². The zero-order chi connectivity index (χ0) is 12.1. The molecule has 17 heavy (non-hydrogen) atoms. The largest absolute Gasteiger partial charge is 0.489 e. The summed E-state index contributed by atoms with van der Waals surface area (Å²) in [5, 5.41) is 0. The Labute approximate surface area is 110 Å². The van der Waals surface area contributed by atoms with Crippen LogP contribution in [0.3, 0.4) is 0 Å². The second-order valence-corrected chi connectivity index (χ2v) is 4.63. The third-order valence-corrected chi connectivity index (χ3v) is 3.02. The number of nitrogens with two attached hydrogens (primary N) is 1. The van der Waals surface area contributed by atoms with E-state index in [1.165, 1.54) is 0 Å². The SMILES string of the molecule is NCc1ccccc1COc1cccc(Br)c1. The second kappa shape index (κ2) is 5.84. The molecular formula is C14H14BrNO. The number of ether oxygens (including phenoxy) is 1. The fraction of sp³-hybridized carbons (Fsp3) is 0.143. The Morgan fingerprint density at radius 2 is 1.76 bits per heavy atom. The van der Waals surface area contributed by atoms with Gasteiger partial charge in [0, 0.05) is 11.0 Å². The number of benzene rings is 2. The van der Waals surface area contributed by atoms with Crippen molar-refractivity contribution in [1.82, 2.24) is 0 Å². The van der Waals surface area contributed by atoms with E-state index in [9.17, 15) is 0 Å². The van der Waals surface area contributed by atoms with Crippen LogP contribution in [0.2, 0.25) is 0 Å². The summed E-state index contributed by atoms with van der Waals surface area (Å²) >= 11 is 3.42. The molecule has 0 saturated carbocycles. The van der Waals surface area contributed by atoms with Crippen LogP contribution in [0.15, 0.2) is 53.0 Å². The minimum Gasteiger partial charge on any atom is -0.489 e. The van der Waals surface area contributed by atoms with E-state index in [0.717, 1.165) is 21.3 Å². The maximum atomic E-state index is 5.73. The molecule has 0 bridgehead atoms. The highest BCUT2D eigenvalue weighted by atomic mass is 79.9. The van der Waals surface area contributed by atoms with Crippen molar-refractivity contribution in [1.29, 1.82) is 0 Å². The van der Waals surface area contributed by atoms with Crippen LogP contribution in [0.5, 0.6) is 5.75 Å². The van der Waals surface area contributed by atoms with Gasteiger partial charge in [-0.15, -0.1) is 0 Å².